The maximum atomic E-state index is 12.3. The monoisotopic (exact) mass is 403 g/mol. The zero-order chi connectivity index (χ0) is 19.8. The maximum absolute atomic E-state index is 12.3. The summed E-state index contributed by atoms with van der Waals surface area (Å²) in [5.74, 6) is -1.35. The van der Waals surface area contributed by atoms with Crippen molar-refractivity contribution in [2.45, 2.75) is 13.0 Å². The average Bonchev–Trinajstić information content (AvgIpc) is 2.70. The number of rotatable bonds is 7. The van der Waals surface area contributed by atoms with E-state index in [-0.39, 0.29) is 16.7 Å². The summed E-state index contributed by atoms with van der Waals surface area (Å²) in [5, 5.41) is 2.24. The molecule has 8 heteroatoms. The minimum absolute atomic E-state index is 0.0226. The van der Waals surface area contributed by atoms with Crippen molar-refractivity contribution < 1.29 is 23.4 Å². The molecule has 2 aromatic carbocycles. The molecule has 0 bridgehead atoms. The summed E-state index contributed by atoms with van der Waals surface area (Å²) < 4.78 is 4.41. The minimum atomic E-state index is -1.04. The van der Waals surface area contributed by atoms with Crippen LogP contribution >= 0.6 is 24.7 Å². The summed E-state index contributed by atoms with van der Waals surface area (Å²) in [5.41, 5.74) is 1.27. The molecule has 27 heavy (non-hydrogen) atoms. The lowest BCUT2D eigenvalue weighted by atomic mass is 10.1. The van der Waals surface area contributed by atoms with Gasteiger partial charge in [0.1, 0.15) is 6.04 Å². The van der Waals surface area contributed by atoms with Crippen LogP contribution in [0.2, 0.25) is 0 Å². The number of carbonyl (C=O) groups excluding carboxylic acids is 4. The molecular formula is C19H17NO5S2. The first kappa shape index (κ1) is 20.7. The summed E-state index contributed by atoms with van der Waals surface area (Å²) in [4.78, 5) is 47.7. The van der Waals surface area contributed by atoms with Crippen molar-refractivity contribution in [2.75, 3.05) is 5.75 Å². The van der Waals surface area contributed by atoms with Gasteiger partial charge in [0, 0.05) is 35.4 Å². The van der Waals surface area contributed by atoms with Crippen LogP contribution in [0, 0.1) is 0 Å². The Morgan fingerprint density at radius 1 is 0.963 bits per heavy atom. The molecule has 0 fully saturated rings. The summed E-state index contributed by atoms with van der Waals surface area (Å²) in [7, 11) is 0. The van der Waals surface area contributed by atoms with Crippen LogP contribution in [-0.4, -0.2) is 34.6 Å². The smallest absolute Gasteiger partial charge is 0.341 e. The number of hydrogen-bond donors (Lipinski definition) is 2. The number of carbonyl (C=O) groups is 4. The van der Waals surface area contributed by atoms with E-state index in [1.807, 2.05) is 0 Å². The predicted octanol–water partition coefficient (Wildman–Crippen LogP) is 2.95. The van der Waals surface area contributed by atoms with Gasteiger partial charge in [0.05, 0.1) is 0 Å². The highest BCUT2D eigenvalue weighted by Crippen LogP contribution is 2.16. The molecule has 2 rings (SSSR count). The van der Waals surface area contributed by atoms with E-state index < -0.39 is 17.9 Å². The predicted molar refractivity (Wildman–Crippen MR) is 106 cm³/mol. The van der Waals surface area contributed by atoms with Crippen molar-refractivity contribution in [3.05, 3.63) is 71.3 Å². The van der Waals surface area contributed by atoms with Crippen molar-refractivity contribution >= 4 is 47.4 Å². The second-order valence-electron chi connectivity index (χ2n) is 5.53. The van der Waals surface area contributed by atoms with Crippen molar-refractivity contribution in [3.8, 4) is 0 Å². The molecule has 0 saturated heterocycles. The van der Waals surface area contributed by atoms with E-state index in [1.165, 1.54) is 6.92 Å². The zero-order valence-corrected chi connectivity index (χ0v) is 16.1. The molecule has 0 heterocycles. The molecular weight excluding hydrogens is 386 g/mol. The molecule has 1 amide bonds. The number of Topliss-reactive ketones (excluding diaryl/α,β-unsaturated/α-hetero) is 1. The quantitative estimate of drug-likeness (QED) is 0.420. The third kappa shape index (κ3) is 5.97. The Bertz CT molecular complexity index is 837. The minimum Gasteiger partial charge on any atom is -0.393 e. The second kappa shape index (κ2) is 9.94. The molecule has 1 atom stereocenters. The Morgan fingerprint density at radius 2 is 1.56 bits per heavy atom. The highest BCUT2D eigenvalue weighted by Gasteiger charge is 2.24. The number of hydrogen-bond acceptors (Lipinski definition) is 7. The number of thiol groups is 1. The van der Waals surface area contributed by atoms with E-state index in [4.69, 9.17) is 0 Å². The van der Waals surface area contributed by atoms with Crippen LogP contribution in [0.1, 0.15) is 38.0 Å². The van der Waals surface area contributed by atoms with Crippen molar-refractivity contribution in [1.82, 2.24) is 5.32 Å². The molecule has 0 aliphatic carbocycles. The molecule has 0 spiro atoms. The molecule has 2 aromatic rings. The van der Waals surface area contributed by atoms with Crippen LogP contribution < -0.4 is 5.32 Å². The summed E-state index contributed by atoms with van der Waals surface area (Å²) in [6.07, 6.45) is 0. The standard InChI is InChI=1S/C19H17NO5S2/c1-12(21)13-7-9-15(10-8-13)19(24)27-11-16(18(23)25-26)20-17(22)14-5-3-2-4-6-14/h2-10,16,26H,11H2,1H3,(H,20,22)/t16-/m0/s1. The largest absolute Gasteiger partial charge is 0.393 e. The first-order chi connectivity index (χ1) is 12.9. The normalized spacial score (nSPS) is 11.3. The van der Waals surface area contributed by atoms with Gasteiger partial charge in [-0.2, -0.15) is 0 Å². The Morgan fingerprint density at radius 3 is 2.11 bits per heavy atom. The molecule has 0 aliphatic heterocycles. The van der Waals surface area contributed by atoms with Gasteiger partial charge in [-0.05, 0) is 31.2 Å². The number of nitrogens with one attached hydrogen (secondary N) is 1. The van der Waals surface area contributed by atoms with E-state index in [0.29, 0.717) is 16.7 Å². The van der Waals surface area contributed by atoms with Crippen molar-refractivity contribution in [1.29, 1.82) is 0 Å². The SMILES string of the molecule is CC(=O)c1ccc(C(=O)SC[C@H](NC(=O)c2ccccc2)C(=O)OS)cc1. The first-order valence-electron chi connectivity index (χ1n) is 7.91. The van der Waals surface area contributed by atoms with Gasteiger partial charge in [0.2, 0.25) is 5.12 Å². The lowest BCUT2D eigenvalue weighted by molar-refractivity contribution is -0.134. The molecule has 1 N–H and O–H groups in total. The van der Waals surface area contributed by atoms with Crippen molar-refractivity contribution in [3.63, 3.8) is 0 Å². The Balaban J connectivity index is 2.01. The number of amides is 1. The number of thioether (sulfide) groups is 1. The fraction of sp³-hybridized carbons (Fsp3) is 0.158. The van der Waals surface area contributed by atoms with Crippen LogP contribution in [0.15, 0.2) is 54.6 Å². The molecule has 0 aliphatic rings. The van der Waals surface area contributed by atoms with Gasteiger partial charge in [-0.3, -0.25) is 14.4 Å². The van der Waals surface area contributed by atoms with Gasteiger partial charge in [0.15, 0.2) is 5.78 Å². The second-order valence-corrected chi connectivity index (χ2v) is 6.71. The Hall–Kier alpha value is -2.58. The van der Waals surface area contributed by atoms with Gasteiger partial charge in [0.25, 0.3) is 5.91 Å². The Labute approximate surface area is 166 Å². The fourth-order valence-corrected chi connectivity index (χ4v) is 3.11. The summed E-state index contributed by atoms with van der Waals surface area (Å²) in [6.45, 7) is 1.44. The van der Waals surface area contributed by atoms with Gasteiger partial charge in [-0.25, -0.2) is 4.79 Å². The zero-order valence-electron chi connectivity index (χ0n) is 14.4. The third-order valence-corrected chi connectivity index (χ3v) is 4.80. The van der Waals surface area contributed by atoms with Crippen LogP contribution in [0.25, 0.3) is 0 Å². The van der Waals surface area contributed by atoms with Crippen molar-refractivity contribution in [2.24, 2.45) is 0 Å². The number of ketones is 1. The molecule has 0 unspecified atom stereocenters. The fourth-order valence-electron chi connectivity index (χ4n) is 2.15. The van der Waals surface area contributed by atoms with Gasteiger partial charge < -0.3 is 9.50 Å². The van der Waals surface area contributed by atoms with Gasteiger partial charge in [-0.15, -0.1) is 0 Å². The van der Waals surface area contributed by atoms with E-state index in [0.717, 1.165) is 11.8 Å². The van der Waals surface area contributed by atoms with E-state index in [1.54, 1.807) is 54.6 Å². The van der Waals surface area contributed by atoms with Crippen LogP contribution in [0.5, 0.6) is 0 Å². The highest BCUT2D eigenvalue weighted by molar-refractivity contribution is 8.14. The van der Waals surface area contributed by atoms with E-state index >= 15 is 0 Å². The number of benzene rings is 2. The van der Waals surface area contributed by atoms with Crippen LogP contribution in [0.3, 0.4) is 0 Å². The molecule has 0 saturated carbocycles. The summed E-state index contributed by atoms with van der Waals surface area (Å²) >= 11 is 4.34. The lowest BCUT2D eigenvalue weighted by Gasteiger charge is -2.15. The summed E-state index contributed by atoms with van der Waals surface area (Å²) in [6, 6.07) is 13.5. The first-order valence-corrected chi connectivity index (χ1v) is 9.26. The topological polar surface area (TPSA) is 89.5 Å². The molecule has 0 radical (unpaired) electrons. The maximum Gasteiger partial charge on any atom is 0.341 e. The Kier molecular flexibility index (Phi) is 7.63. The molecule has 140 valence electrons. The van der Waals surface area contributed by atoms with Gasteiger partial charge in [-0.1, -0.05) is 42.1 Å². The van der Waals surface area contributed by atoms with Gasteiger partial charge >= 0.3 is 5.97 Å². The van der Waals surface area contributed by atoms with Crippen LogP contribution in [0.4, 0.5) is 0 Å². The van der Waals surface area contributed by atoms with Crippen LogP contribution in [-0.2, 0) is 8.98 Å². The average molecular weight is 403 g/mol. The van der Waals surface area contributed by atoms with E-state index in [2.05, 4.69) is 22.4 Å². The lowest BCUT2D eigenvalue weighted by Crippen LogP contribution is -2.43. The third-order valence-electron chi connectivity index (χ3n) is 3.62. The van der Waals surface area contributed by atoms with E-state index in [9.17, 15) is 19.2 Å². The molecule has 0 aromatic heterocycles. The molecule has 6 nitrogen and oxygen atoms in total. The highest BCUT2D eigenvalue weighted by atomic mass is 32.2.